The van der Waals surface area contributed by atoms with Crippen LogP contribution < -0.4 is 11.1 Å². The van der Waals surface area contributed by atoms with Crippen molar-refractivity contribution in [3.63, 3.8) is 0 Å². The molecule has 2 aliphatic heterocycles. The first kappa shape index (κ1) is 19.3. The van der Waals surface area contributed by atoms with Crippen LogP contribution in [-0.4, -0.2) is 55.5 Å². The lowest BCUT2D eigenvalue weighted by molar-refractivity contribution is -0.142. The van der Waals surface area contributed by atoms with E-state index in [2.05, 4.69) is 17.5 Å². The molecule has 4 unspecified atom stereocenters. The van der Waals surface area contributed by atoms with Gasteiger partial charge in [-0.1, -0.05) is 12.2 Å². The summed E-state index contributed by atoms with van der Waals surface area (Å²) in [6.07, 6.45) is 6.31. The van der Waals surface area contributed by atoms with Crippen molar-refractivity contribution in [2.45, 2.75) is 19.3 Å². The molecule has 8 heteroatoms. The van der Waals surface area contributed by atoms with Crippen LogP contribution >= 0.6 is 12.4 Å². The van der Waals surface area contributed by atoms with Crippen molar-refractivity contribution in [2.24, 2.45) is 34.8 Å². The predicted octanol–water partition coefficient (Wildman–Crippen LogP) is 0.0870. The van der Waals surface area contributed by atoms with Crippen LogP contribution in [-0.2, 0) is 19.1 Å². The van der Waals surface area contributed by atoms with Crippen LogP contribution in [0.15, 0.2) is 12.2 Å². The first-order valence-corrected chi connectivity index (χ1v) is 9.17. The van der Waals surface area contributed by atoms with Crippen LogP contribution in [0.3, 0.4) is 0 Å². The van der Waals surface area contributed by atoms with Crippen molar-refractivity contribution in [3.8, 4) is 0 Å². The second-order valence-electron chi connectivity index (χ2n) is 7.68. The van der Waals surface area contributed by atoms with Crippen molar-refractivity contribution in [2.75, 3.05) is 32.8 Å². The van der Waals surface area contributed by atoms with Crippen molar-refractivity contribution in [3.05, 3.63) is 12.2 Å². The minimum absolute atomic E-state index is 0. The molecule has 26 heavy (non-hydrogen) atoms. The number of rotatable bonds is 5. The molecule has 3 amide bonds. The first-order chi connectivity index (χ1) is 12.1. The molecule has 2 aliphatic carbocycles. The number of likely N-dealkylation sites (tertiary alicyclic amines) is 1. The predicted molar refractivity (Wildman–Crippen MR) is 96.2 cm³/mol. The third-order valence-corrected chi connectivity index (χ3v) is 6.50. The number of nitrogens with zero attached hydrogens (tertiary/aromatic N) is 1. The Hall–Kier alpha value is -1.44. The third kappa shape index (κ3) is 2.86. The molecule has 4 atom stereocenters. The number of ether oxygens (including phenoxy) is 1. The maximum absolute atomic E-state index is 12.6. The van der Waals surface area contributed by atoms with E-state index in [9.17, 15) is 14.4 Å². The van der Waals surface area contributed by atoms with Crippen LogP contribution in [0.5, 0.6) is 0 Å². The molecule has 0 radical (unpaired) electrons. The maximum Gasteiger partial charge on any atom is 0.233 e. The molecule has 7 nitrogen and oxygen atoms in total. The second kappa shape index (κ2) is 7.29. The Balaban J connectivity index is 0.00000196. The first-order valence-electron chi connectivity index (χ1n) is 9.17. The Labute approximate surface area is 159 Å². The summed E-state index contributed by atoms with van der Waals surface area (Å²) in [5.74, 6) is -0.156. The highest BCUT2D eigenvalue weighted by Crippen LogP contribution is 2.52. The van der Waals surface area contributed by atoms with Gasteiger partial charge in [-0.3, -0.25) is 19.3 Å². The number of nitrogens with one attached hydrogen (secondary N) is 1. The molecule has 2 saturated heterocycles. The highest BCUT2D eigenvalue weighted by molar-refractivity contribution is 6.06. The standard InChI is InChI=1S/C18H25N3O4.ClH/c19-10-18(3-7-25-8-4-18)17(24)20-5-6-21-15(22)13-11-1-2-12(9-11)14(13)16(21)23;/h1-2,11-14H,3-10,19H2,(H,20,24);1H. The summed E-state index contributed by atoms with van der Waals surface area (Å²) >= 11 is 0. The van der Waals surface area contributed by atoms with E-state index in [1.807, 2.05) is 0 Å². The number of fused-ring (bicyclic) bond motifs is 5. The van der Waals surface area contributed by atoms with E-state index in [0.717, 1.165) is 6.42 Å². The largest absolute Gasteiger partial charge is 0.381 e. The van der Waals surface area contributed by atoms with E-state index in [4.69, 9.17) is 10.5 Å². The molecule has 144 valence electrons. The topological polar surface area (TPSA) is 102 Å². The fourth-order valence-electron chi connectivity index (χ4n) is 4.94. The summed E-state index contributed by atoms with van der Waals surface area (Å²) in [7, 11) is 0. The number of carbonyl (C=O) groups excluding carboxylic acids is 3. The van der Waals surface area contributed by atoms with Crippen molar-refractivity contribution in [1.82, 2.24) is 10.2 Å². The van der Waals surface area contributed by atoms with Gasteiger partial charge >= 0.3 is 0 Å². The van der Waals surface area contributed by atoms with E-state index in [1.54, 1.807) is 0 Å². The lowest BCUT2D eigenvalue weighted by atomic mass is 9.79. The lowest BCUT2D eigenvalue weighted by Crippen LogP contribution is -2.50. The Morgan fingerprint density at radius 3 is 2.31 bits per heavy atom. The quantitative estimate of drug-likeness (QED) is 0.517. The van der Waals surface area contributed by atoms with E-state index in [-0.39, 0.29) is 73.4 Å². The SMILES string of the molecule is Cl.NCC1(C(=O)NCCN2C(=O)C3C4C=CC(C4)C3C2=O)CCOCC1. The van der Waals surface area contributed by atoms with Gasteiger partial charge in [-0.05, 0) is 31.1 Å². The third-order valence-electron chi connectivity index (χ3n) is 6.50. The van der Waals surface area contributed by atoms with Gasteiger partial charge < -0.3 is 15.8 Å². The van der Waals surface area contributed by atoms with E-state index >= 15 is 0 Å². The number of hydrogen-bond acceptors (Lipinski definition) is 5. The van der Waals surface area contributed by atoms with Gasteiger partial charge in [0.2, 0.25) is 17.7 Å². The van der Waals surface area contributed by atoms with Gasteiger partial charge in [0.25, 0.3) is 0 Å². The van der Waals surface area contributed by atoms with Gasteiger partial charge in [0.05, 0.1) is 17.3 Å². The number of nitrogens with two attached hydrogens (primary N) is 1. The molecule has 2 bridgehead atoms. The Kier molecular flexibility index (Phi) is 5.42. The Morgan fingerprint density at radius 2 is 1.77 bits per heavy atom. The normalized spacial score (nSPS) is 34.0. The maximum atomic E-state index is 12.6. The summed E-state index contributed by atoms with van der Waals surface area (Å²) in [6, 6.07) is 0. The molecular formula is C18H26ClN3O4. The number of allylic oxidation sites excluding steroid dienone is 2. The van der Waals surface area contributed by atoms with E-state index in [0.29, 0.717) is 26.1 Å². The van der Waals surface area contributed by atoms with Gasteiger partial charge in [-0.15, -0.1) is 12.4 Å². The van der Waals surface area contributed by atoms with Gasteiger partial charge in [0.15, 0.2) is 0 Å². The van der Waals surface area contributed by atoms with Gasteiger partial charge in [0.1, 0.15) is 0 Å². The van der Waals surface area contributed by atoms with Crippen LogP contribution in [0.4, 0.5) is 0 Å². The average Bonchev–Trinajstić information content (AvgIpc) is 3.31. The zero-order valence-electron chi connectivity index (χ0n) is 14.7. The zero-order chi connectivity index (χ0) is 17.6. The lowest BCUT2D eigenvalue weighted by Gasteiger charge is -2.34. The average molecular weight is 384 g/mol. The monoisotopic (exact) mass is 383 g/mol. The molecule has 3 N–H and O–H groups in total. The number of imide groups is 1. The van der Waals surface area contributed by atoms with Crippen LogP contribution in [0.2, 0.25) is 0 Å². The van der Waals surface area contributed by atoms with Gasteiger partial charge in [0, 0.05) is 32.8 Å². The van der Waals surface area contributed by atoms with Crippen LogP contribution in [0, 0.1) is 29.1 Å². The summed E-state index contributed by atoms with van der Waals surface area (Å²) in [5.41, 5.74) is 5.25. The van der Waals surface area contributed by atoms with Crippen LogP contribution in [0.25, 0.3) is 0 Å². The Bertz CT molecular complexity index is 602. The molecule has 1 saturated carbocycles. The van der Waals surface area contributed by atoms with Crippen molar-refractivity contribution >= 4 is 30.1 Å². The van der Waals surface area contributed by atoms with E-state index in [1.165, 1.54) is 4.90 Å². The molecule has 2 heterocycles. The van der Waals surface area contributed by atoms with Crippen LogP contribution in [0.1, 0.15) is 19.3 Å². The molecule has 0 aromatic heterocycles. The molecule has 0 aromatic rings. The smallest absolute Gasteiger partial charge is 0.233 e. The minimum atomic E-state index is -0.586. The minimum Gasteiger partial charge on any atom is -0.381 e. The summed E-state index contributed by atoms with van der Waals surface area (Å²) < 4.78 is 5.32. The molecule has 4 aliphatic rings. The second-order valence-corrected chi connectivity index (χ2v) is 7.68. The molecule has 0 spiro atoms. The summed E-state index contributed by atoms with van der Waals surface area (Å²) in [6.45, 7) is 1.87. The number of hydrogen-bond donors (Lipinski definition) is 2. The van der Waals surface area contributed by atoms with E-state index < -0.39 is 5.41 Å². The molecular weight excluding hydrogens is 358 g/mol. The van der Waals surface area contributed by atoms with Crippen molar-refractivity contribution in [1.29, 1.82) is 0 Å². The van der Waals surface area contributed by atoms with Gasteiger partial charge in [-0.25, -0.2) is 0 Å². The van der Waals surface area contributed by atoms with Crippen molar-refractivity contribution < 1.29 is 19.1 Å². The molecule has 4 rings (SSSR count). The number of carbonyl (C=O) groups is 3. The fourth-order valence-corrected chi connectivity index (χ4v) is 4.94. The zero-order valence-corrected chi connectivity index (χ0v) is 15.5. The highest BCUT2D eigenvalue weighted by atomic mass is 35.5. The van der Waals surface area contributed by atoms with Gasteiger partial charge in [-0.2, -0.15) is 0 Å². The summed E-state index contributed by atoms with van der Waals surface area (Å²) in [5, 5.41) is 2.88. The molecule has 3 fully saturated rings. The molecule has 0 aromatic carbocycles. The Morgan fingerprint density at radius 1 is 1.19 bits per heavy atom. The highest BCUT2D eigenvalue weighted by Gasteiger charge is 2.59. The fraction of sp³-hybridized carbons (Fsp3) is 0.722. The number of halogens is 1. The summed E-state index contributed by atoms with van der Waals surface area (Å²) in [4.78, 5) is 39.1. The number of amides is 3.